The monoisotopic (exact) mass is 585 g/mol. The maximum atomic E-state index is 14.1. The number of carbonyl (C=O) groups is 2. The van der Waals surface area contributed by atoms with Crippen molar-refractivity contribution in [2.24, 2.45) is 0 Å². The lowest BCUT2D eigenvalue weighted by atomic mass is 10.1. The molecule has 0 aromatic heterocycles. The highest BCUT2D eigenvalue weighted by Crippen LogP contribution is 2.30. The number of anilines is 1. The Balaban J connectivity index is 2.09. The van der Waals surface area contributed by atoms with E-state index in [-0.39, 0.29) is 29.1 Å². The van der Waals surface area contributed by atoms with Gasteiger partial charge in [-0.25, -0.2) is 8.42 Å². The van der Waals surface area contributed by atoms with Gasteiger partial charge in [0.25, 0.3) is 10.0 Å². The number of hydrogen-bond donors (Lipinski definition) is 1. The Hall–Kier alpha value is -3.56. The third-order valence-electron chi connectivity index (χ3n) is 6.38. The third kappa shape index (κ3) is 7.55. The van der Waals surface area contributed by atoms with Crippen molar-refractivity contribution in [3.8, 4) is 5.75 Å². The SMILES string of the molecule is CC[C@@H](C(=O)NC(C)C)N(Cc1ccc(OC)cc1)C(=O)CN(c1cc(Cl)ccc1C)S(=O)(=O)c1ccccc1. The molecule has 3 rings (SSSR count). The van der Waals surface area contributed by atoms with Crippen LogP contribution in [0.15, 0.2) is 77.7 Å². The smallest absolute Gasteiger partial charge is 0.264 e. The standard InChI is InChI=1S/C30H36ClN3O5S/c1-6-27(30(36)32-21(2)3)33(19-23-13-16-25(39-5)17-14-23)29(35)20-34(28-18-24(31)15-12-22(28)4)40(37,38)26-10-8-7-9-11-26/h7-18,21,27H,6,19-20H2,1-5H3,(H,32,36)/t27-/m0/s1. The van der Waals surface area contributed by atoms with Crippen molar-refractivity contribution in [3.05, 3.63) is 88.9 Å². The molecule has 214 valence electrons. The zero-order valence-corrected chi connectivity index (χ0v) is 25.0. The Morgan fingerprint density at radius 3 is 2.23 bits per heavy atom. The Labute approximate surface area is 241 Å². The number of amides is 2. The molecule has 8 nitrogen and oxygen atoms in total. The molecule has 0 radical (unpaired) electrons. The first kappa shape index (κ1) is 31.0. The lowest BCUT2D eigenvalue weighted by Gasteiger charge is -2.34. The molecule has 0 spiro atoms. The molecule has 3 aromatic carbocycles. The maximum Gasteiger partial charge on any atom is 0.264 e. The van der Waals surface area contributed by atoms with Crippen LogP contribution in [-0.4, -0.2) is 50.9 Å². The van der Waals surface area contributed by atoms with Crippen molar-refractivity contribution in [1.82, 2.24) is 10.2 Å². The van der Waals surface area contributed by atoms with Gasteiger partial charge in [0.1, 0.15) is 18.3 Å². The minimum atomic E-state index is -4.17. The van der Waals surface area contributed by atoms with Gasteiger partial charge in [-0.05, 0) is 74.7 Å². The summed E-state index contributed by atoms with van der Waals surface area (Å²) in [7, 11) is -2.60. The summed E-state index contributed by atoms with van der Waals surface area (Å²) in [5, 5.41) is 3.22. The molecule has 0 aliphatic rings. The highest BCUT2D eigenvalue weighted by Gasteiger charge is 2.34. The van der Waals surface area contributed by atoms with E-state index in [1.807, 2.05) is 32.9 Å². The number of aryl methyl sites for hydroxylation is 1. The average Bonchev–Trinajstić information content (AvgIpc) is 2.93. The molecular formula is C30H36ClN3O5S. The lowest BCUT2D eigenvalue weighted by Crippen LogP contribution is -2.53. The lowest BCUT2D eigenvalue weighted by molar-refractivity contribution is -0.140. The fourth-order valence-electron chi connectivity index (χ4n) is 4.31. The van der Waals surface area contributed by atoms with E-state index in [1.54, 1.807) is 56.5 Å². The first-order valence-electron chi connectivity index (χ1n) is 13.0. The van der Waals surface area contributed by atoms with E-state index in [1.165, 1.54) is 23.1 Å². The summed E-state index contributed by atoms with van der Waals surface area (Å²) in [5.74, 6) is -0.181. The Kier molecular flexibility index (Phi) is 10.6. The number of carbonyl (C=O) groups excluding carboxylic acids is 2. The zero-order valence-electron chi connectivity index (χ0n) is 23.4. The van der Waals surface area contributed by atoms with Crippen LogP contribution in [0.25, 0.3) is 0 Å². The number of nitrogens with one attached hydrogen (secondary N) is 1. The van der Waals surface area contributed by atoms with Crippen molar-refractivity contribution < 1.29 is 22.7 Å². The molecule has 0 aliphatic carbocycles. The maximum absolute atomic E-state index is 14.1. The molecule has 0 fully saturated rings. The minimum Gasteiger partial charge on any atom is -0.497 e. The van der Waals surface area contributed by atoms with Gasteiger partial charge in [0.05, 0.1) is 17.7 Å². The second-order valence-electron chi connectivity index (χ2n) is 9.71. The molecule has 0 aliphatic heterocycles. The number of methoxy groups -OCH3 is 1. The van der Waals surface area contributed by atoms with Crippen LogP contribution in [0.1, 0.15) is 38.3 Å². The predicted molar refractivity (Wildman–Crippen MR) is 158 cm³/mol. The van der Waals surface area contributed by atoms with E-state index in [9.17, 15) is 18.0 Å². The van der Waals surface area contributed by atoms with Crippen LogP contribution < -0.4 is 14.4 Å². The van der Waals surface area contributed by atoms with Crippen LogP contribution in [0, 0.1) is 6.92 Å². The average molecular weight is 586 g/mol. The molecule has 0 saturated heterocycles. The van der Waals surface area contributed by atoms with E-state index < -0.39 is 28.5 Å². The van der Waals surface area contributed by atoms with E-state index in [4.69, 9.17) is 16.3 Å². The van der Waals surface area contributed by atoms with Crippen LogP contribution in [0.2, 0.25) is 5.02 Å². The van der Waals surface area contributed by atoms with Crippen LogP contribution >= 0.6 is 11.6 Å². The number of sulfonamides is 1. The van der Waals surface area contributed by atoms with Crippen molar-refractivity contribution in [3.63, 3.8) is 0 Å². The van der Waals surface area contributed by atoms with Crippen molar-refractivity contribution >= 4 is 39.1 Å². The quantitative estimate of drug-likeness (QED) is 0.316. The van der Waals surface area contributed by atoms with Gasteiger partial charge in [-0.3, -0.25) is 13.9 Å². The molecule has 3 aromatic rings. The van der Waals surface area contributed by atoms with Crippen molar-refractivity contribution in [2.75, 3.05) is 18.0 Å². The van der Waals surface area contributed by atoms with E-state index in [0.717, 1.165) is 9.87 Å². The minimum absolute atomic E-state index is 0.0356. The number of ether oxygens (including phenoxy) is 1. The van der Waals surface area contributed by atoms with E-state index in [0.29, 0.717) is 22.8 Å². The van der Waals surface area contributed by atoms with Gasteiger partial charge in [0, 0.05) is 17.6 Å². The number of rotatable bonds is 12. The molecule has 0 bridgehead atoms. The molecule has 0 saturated carbocycles. The second-order valence-corrected chi connectivity index (χ2v) is 12.0. The number of nitrogens with zero attached hydrogens (tertiary/aromatic N) is 2. The topological polar surface area (TPSA) is 96.0 Å². The van der Waals surface area contributed by atoms with Crippen molar-refractivity contribution in [1.29, 1.82) is 0 Å². The number of halogens is 1. The summed E-state index contributed by atoms with van der Waals surface area (Å²) in [5.41, 5.74) is 1.68. The molecule has 40 heavy (non-hydrogen) atoms. The fourth-order valence-corrected chi connectivity index (χ4v) is 5.97. The summed E-state index contributed by atoms with van der Waals surface area (Å²) in [4.78, 5) is 28.8. The number of benzene rings is 3. The van der Waals surface area contributed by atoms with Gasteiger partial charge in [0.15, 0.2) is 0 Å². The summed E-state index contributed by atoms with van der Waals surface area (Å²) in [6.45, 7) is 6.83. The molecule has 0 unspecified atom stereocenters. The Bertz CT molecular complexity index is 1410. The van der Waals surface area contributed by atoms with Gasteiger partial charge in [-0.1, -0.05) is 54.9 Å². The first-order chi connectivity index (χ1) is 19.0. The van der Waals surface area contributed by atoms with Crippen LogP contribution in [0.3, 0.4) is 0 Å². The summed E-state index contributed by atoms with van der Waals surface area (Å²) in [6.07, 6.45) is 0.335. The molecule has 10 heteroatoms. The van der Waals surface area contributed by atoms with Gasteiger partial charge in [0.2, 0.25) is 11.8 Å². The Morgan fingerprint density at radius 1 is 1.00 bits per heavy atom. The highest BCUT2D eigenvalue weighted by atomic mass is 35.5. The summed E-state index contributed by atoms with van der Waals surface area (Å²) >= 11 is 6.27. The van der Waals surface area contributed by atoms with Gasteiger partial charge < -0.3 is 15.0 Å². The highest BCUT2D eigenvalue weighted by molar-refractivity contribution is 7.92. The molecule has 0 heterocycles. The van der Waals surface area contributed by atoms with Crippen LogP contribution in [0.5, 0.6) is 5.75 Å². The van der Waals surface area contributed by atoms with Crippen LogP contribution in [0.4, 0.5) is 5.69 Å². The van der Waals surface area contributed by atoms with Crippen molar-refractivity contribution in [2.45, 2.75) is 57.6 Å². The summed E-state index contributed by atoms with van der Waals surface area (Å²) in [6, 6.07) is 19.0. The molecule has 2 amide bonds. The van der Waals surface area contributed by atoms with E-state index in [2.05, 4.69) is 5.32 Å². The summed E-state index contributed by atoms with van der Waals surface area (Å²) < 4.78 is 34.2. The molecule has 1 N–H and O–H groups in total. The predicted octanol–water partition coefficient (Wildman–Crippen LogP) is 5.18. The zero-order chi connectivity index (χ0) is 29.4. The third-order valence-corrected chi connectivity index (χ3v) is 8.39. The van der Waals surface area contributed by atoms with E-state index >= 15 is 0 Å². The van der Waals surface area contributed by atoms with Gasteiger partial charge >= 0.3 is 0 Å². The molecule has 1 atom stereocenters. The largest absolute Gasteiger partial charge is 0.497 e. The fraction of sp³-hybridized carbons (Fsp3) is 0.333. The number of hydrogen-bond acceptors (Lipinski definition) is 5. The first-order valence-corrected chi connectivity index (χ1v) is 14.9. The Morgan fingerprint density at radius 2 is 1.65 bits per heavy atom. The van der Waals surface area contributed by atoms with Crippen LogP contribution in [-0.2, 0) is 26.2 Å². The second kappa shape index (κ2) is 13.7. The van der Waals surface area contributed by atoms with Gasteiger partial charge in [-0.15, -0.1) is 0 Å². The van der Waals surface area contributed by atoms with Gasteiger partial charge in [-0.2, -0.15) is 0 Å². The molecular weight excluding hydrogens is 550 g/mol. The normalized spacial score (nSPS) is 12.1.